The molecule has 0 bridgehead atoms. The van der Waals surface area contributed by atoms with Gasteiger partial charge in [-0.15, -0.1) is 0 Å². The third-order valence-corrected chi connectivity index (χ3v) is 4.05. The van der Waals surface area contributed by atoms with Crippen LogP contribution in [0.4, 0.5) is 15.8 Å². The van der Waals surface area contributed by atoms with Crippen molar-refractivity contribution in [1.29, 1.82) is 0 Å². The molecule has 2 unspecified atom stereocenters. The van der Waals surface area contributed by atoms with E-state index in [-0.39, 0.29) is 17.8 Å². The summed E-state index contributed by atoms with van der Waals surface area (Å²) in [5, 5.41) is 3.32. The minimum Gasteiger partial charge on any atom is -0.382 e. The molecule has 5 nitrogen and oxygen atoms in total. The average molecular weight is 316 g/mol. The quantitative estimate of drug-likeness (QED) is 0.876. The van der Waals surface area contributed by atoms with E-state index in [0.29, 0.717) is 12.3 Å². The minimum atomic E-state index is -3.50. The van der Waals surface area contributed by atoms with E-state index in [9.17, 15) is 12.8 Å². The summed E-state index contributed by atoms with van der Waals surface area (Å²) in [4.78, 5) is 0. The van der Waals surface area contributed by atoms with Crippen molar-refractivity contribution in [2.75, 3.05) is 22.9 Å². The first-order chi connectivity index (χ1) is 9.87. The fourth-order valence-corrected chi connectivity index (χ4v) is 2.98. The maximum atomic E-state index is 13.6. The van der Waals surface area contributed by atoms with Gasteiger partial charge in [0.1, 0.15) is 5.82 Å². The molecule has 1 fully saturated rings. The fraction of sp³-hybridized carbons (Fsp3) is 0.571. The van der Waals surface area contributed by atoms with Crippen molar-refractivity contribution in [3.63, 3.8) is 0 Å². The predicted octanol–water partition coefficient (Wildman–Crippen LogP) is 2.57. The summed E-state index contributed by atoms with van der Waals surface area (Å²) >= 11 is 0. The lowest BCUT2D eigenvalue weighted by atomic mass is 10.0. The molecule has 21 heavy (non-hydrogen) atoms. The molecular formula is C14H21FN2O3S. The second kappa shape index (κ2) is 6.62. The fourth-order valence-electron chi connectivity index (χ4n) is 2.42. The first-order valence-electron chi connectivity index (χ1n) is 7.03. The van der Waals surface area contributed by atoms with Crippen LogP contribution in [0.2, 0.25) is 0 Å². The van der Waals surface area contributed by atoms with Gasteiger partial charge in [-0.25, -0.2) is 12.8 Å². The van der Waals surface area contributed by atoms with Gasteiger partial charge in [-0.3, -0.25) is 4.72 Å². The molecule has 0 spiro atoms. The molecule has 2 atom stereocenters. The van der Waals surface area contributed by atoms with Crippen LogP contribution in [0.25, 0.3) is 0 Å². The van der Waals surface area contributed by atoms with Crippen LogP contribution in [0.15, 0.2) is 18.2 Å². The maximum absolute atomic E-state index is 13.6. The summed E-state index contributed by atoms with van der Waals surface area (Å²) in [6.07, 6.45) is 3.97. The summed E-state index contributed by atoms with van der Waals surface area (Å²) in [5.41, 5.74) is 0.658. The molecule has 1 aromatic carbocycles. The molecule has 1 saturated heterocycles. The number of benzene rings is 1. The Hall–Kier alpha value is -1.34. The SMILES string of the molecule is CCC1CC(Nc2ccc(F)c(NS(C)(=O)=O)c2)CCO1. The number of sulfonamides is 1. The highest BCUT2D eigenvalue weighted by Gasteiger charge is 2.21. The topological polar surface area (TPSA) is 67.4 Å². The van der Waals surface area contributed by atoms with E-state index in [0.717, 1.165) is 25.5 Å². The predicted molar refractivity (Wildman–Crippen MR) is 81.5 cm³/mol. The van der Waals surface area contributed by atoms with E-state index in [1.807, 2.05) is 0 Å². The number of hydrogen-bond donors (Lipinski definition) is 2. The molecule has 118 valence electrons. The van der Waals surface area contributed by atoms with E-state index in [4.69, 9.17) is 4.74 Å². The van der Waals surface area contributed by atoms with Gasteiger partial charge < -0.3 is 10.1 Å². The number of anilines is 2. The Morgan fingerprint density at radius 1 is 1.43 bits per heavy atom. The highest BCUT2D eigenvalue weighted by Crippen LogP contribution is 2.24. The Bertz CT molecular complexity index is 592. The Balaban J connectivity index is 2.08. The zero-order valence-electron chi connectivity index (χ0n) is 12.2. The smallest absolute Gasteiger partial charge is 0.229 e. The summed E-state index contributed by atoms with van der Waals surface area (Å²) in [5.74, 6) is -0.593. The second-order valence-corrected chi connectivity index (χ2v) is 7.08. The average Bonchev–Trinajstić information content (AvgIpc) is 2.41. The highest BCUT2D eigenvalue weighted by molar-refractivity contribution is 7.92. The standard InChI is InChI=1S/C14H21FN2O3S/c1-3-12-8-11(6-7-20-12)16-10-4-5-13(15)14(9-10)17-21(2,18)19/h4-5,9,11-12,16-17H,3,6-8H2,1-2H3. The zero-order chi connectivity index (χ0) is 15.5. The first-order valence-corrected chi connectivity index (χ1v) is 8.92. The van der Waals surface area contributed by atoms with Gasteiger partial charge in [0.05, 0.1) is 18.0 Å². The van der Waals surface area contributed by atoms with E-state index in [2.05, 4.69) is 17.0 Å². The molecule has 1 aliphatic heterocycles. The van der Waals surface area contributed by atoms with Crippen LogP contribution < -0.4 is 10.0 Å². The van der Waals surface area contributed by atoms with Crippen LogP contribution in [0.3, 0.4) is 0 Å². The zero-order valence-corrected chi connectivity index (χ0v) is 13.0. The minimum absolute atomic E-state index is 0.0402. The van der Waals surface area contributed by atoms with Crippen molar-refractivity contribution in [2.45, 2.75) is 38.3 Å². The van der Waals surface area contributed by atoms with Crippen LogP contribution in [0.5, 0.6) is 0 Å². The third-order valence-electron chi connectivity index (χ3n) is 3.46. The number of halogens is 1. The van der Waals surface area contributed by atoms with Crippen LogP contribution in [0.1, 0.15) is 26.2 Å². The summed E-state index contributed by atoms with van der Waals surface area (Å²) in [6, 6.07) is 4.60. The van der Waals surface area contributed by atoms with E-state index < -0.39 is 15.8 Å². The molecule has 2 N–H and O–H groups in total. The van der Waals surface area contributed by atoms with Gasteiger partial charge in [0.2, 0.25) is 10.0 Å². The number of rotatable bonds is 5. The summed E-state index contributed by atoms with van der Waals surface area (Å²) in [7, 11) is -3.50. The molecule has 2 rings (SSSR count). The van der Waals surface area contributed by atoms with Gasteiger partial charge in [-0.1, -0.05) is 6.92 Å². The van der Waals surface area contributed by atoms with Gasteiger partial charge in [-0.2, -0.15) is 0 Å². The van der Waals surface area contributed by atoms with Crippen molar-refractivity contribution in [3.8, 4) is 0 Å². The van der Waals surface area contributed by atoms with Crippen molar-refractivity contribution in [2.24, 2.45) is 0 Å². The second-order valence-electron chi connectivity index (χ2n) is 5.34. The third kappa shape index (κ3) is 4.86. The molecule has 1 aliphatic rings. The van der Waals surface area contributed by atoms with Crippen LogP contribution >= 0.6 is 0 Å². The lowest BCUT2D eigenvalue weighted by Gasteiger charge is -2.30. The Labute approximate surface area is 124 Å². The van der Waals surface area contributed by atoms with Gasteiger partial charge in [0, 0.05) is 18.3 Å². The molecule has 7 heteroatoms. The summed E-state index contributed by atoms with van der Waals surface area (Å²) < 4.78 is 43.9. The van der Waals surface area contributed by atoms with Crippen molar-refractivity contribution in [3.05, 3.63) is 24.0 Å². The van der Waals surface area contributed by atoms with Gasteiger partial charge in [0.15, 0.2) is 0 Å². The van der Waals surface area contributed by atoms with Gasteiger partial charge in [-0.05, 0) is 37.5 Å². The number of hydrogen-bond acceptors (Lipinski definition) is 4. The van der Waals surface area contributed by atoms with Crippen molar-refractivity contribution in [1.82, 2.24) is 0 Å². The van der Waals surface area contributed by atoms with E-state index in [1.165, 1.54) is 12.1 Å². The lowest BCUT2D eigenvalue weighted by Crippen LogP contribution is -2.33. The highest BCUT2D eigenvalue weighted by atomic mass is 32.2. The van der Waals surface area contributed by atoms with Crippen LogP contribution in [0, 0.1) is 5.82 Å². The molecule has 0 aliphatic carbocycles. The first kappa shape index (κ1) is 16.0. The van der Waals surface area contributed by atoms with E-state index >= 15 is 0 Å². The molecule has 0 aromatic heterocycles. The lowest BCUT2D eigenvalue weighted by molar-refractivity contribution is 0.00926. The summed E-state index contributed by atoms with van der Waals surface area (Å²) in [6.45, 7) is 2.78. The molecular weight excluding hydrogens is 295 g/mol. The van der Waals surface area contributed by atoms with Crippen LogP contribution in [-0.4, -0.2) is 33.4 Å². The maximum Gasteiger partial charge on any atom is 0.229 e. The molecule has 0 radical (unpaired) electrons. The monoisotopic (exact) mass is 316 g/mol. The molecule has 1 aromatic rings. The Morgan fingerprint density at radius 2 is 2.19 bits per heavy atom. The normalized spacial score (nSPS) is 22.8. The van der Waals surface area contributed by atoms with Gasteiger partial charge in [0.25, 0.3) is 0 Å². The van der Waals surface area contributed by atoms with Gasteiger partial charge >= 0.3 is 0 Å². The molecule has 0 saturated carbocycles. The van der Waals surface area contributed by atoms with Crippen molar-refractivity contribution < 1.29 is 17.5 Å². The Morgan fingerprint density at radius 3 is 2.86 bits per heavy atom. The Kier molecular flexibility index (Phi) is 5.05. The van der Waals surface area contributed by atoms with E-state index in [1.54, 1.807) is 6.07 Å². The van der Waals surface area contributed by atoms with Crippen molar-refractivity contribution >= 4 is 21.4 Å². The van der Waals surface area contributed by atoms with Crippen LogP contribution in [-0.2, 0) is 14.8 Å². The number of nitrogens with one attached hydrogen (secondary N) is 2. The number of ether oxygens (including phenoxy) is 1. The molecule has 0 amide bonds. The molecule has 1 heterocycles. The largest absolute Gasteiger partial charge is 0.382 e.